The molecule has 1 aliphatic rings. The Morgan fingerprint density at radius 1 is 0.893 bits per heavy atom. The fourth-order valence-electron chi connectivity index (χ4n) is 4.02. The first-order valence-electron chi connectivity index (χ1n) is 9.61. The number of benzene rings is 2. The summed E-state index contributed by atoms with van der Waals surface area (Å²) in [5, 5.41) is 16.5. The molecule has 0 amide bonds. The summed E-state index contributed by atoms with van der Waals surface area (Å²) in [6, 6.07) is 15.8. The van der Waals surface area contributed by atoms with Gasteiger partial charge in [-0.05, 0) is 47.5 Å². The molecular formula is C21H25N5O2. The number of methoxy groups -OCH3 is 2. The highest BCUT2D eigenvalue weighted by molar-refractivity contribution is 5.58. The lowest BCUT2D eigenvalue weighted by molar-refractivity contribution is 0.307. The number of hydrogen-bond donors (Lipinski definition) is 1. The second kappa shape index (κ2) is 7.88. The van der Waals surface area contributed by atoms with Gasteiger partial charge in [0.1, 0.15) is 17.2 Å². The van der Waals surface area contributed by atoms with Crippen LogP contribution in [0.2, 0.25) is 0 Å². The Labute approximate surface area is 164 Å². The molecule has 7 nitrogen and oxygen atoms in total. The maximum Gasteiger partial charge on any atom is 0.182 e. The molecular weight excluding hydrogens is 354 g/mol. The largest absolute Gasteiger partial charge is 0.495 e. The number of anilines is 1. The van der Waals surface area contributed by atoms with Crippen molar-refractivity contribution < 1.29 is 9.47 Å². The van der Waals surface area contributed by atoms with Gasteiger partial charge in [-0.25, -0.2) is 0 Å². The molecule has 0 radical (unpaired) electrons. The van der Waals surface area contributed by atoms with Crippen LogP contribution in [0.25, 0.3) is 5.69 Å². The monoisotopic (exact) mass is 379 g/mol. The van der Waals surface area contributed by atoms with Crippen LogP contribution in [0.3, 0.4) is 0 Å². The molecule has 1 saturated carbocycles. The summed E-state index contributed by atoms with van der Waals surface area (Å²) < 4.78 is 12.9. The summed E-state index contributed by atoms with van der Waals surface area (Å²) in [7, 11) is 3.35. The highest BCUT2D eigenvalue weighted by Crippen LogP contribution is 2.42. The van der Waals surface area contributed by atoms with Crippen molar-refractivity contribution in [1.29, 1.82) is 0 Å². The van der Waals surface area contributed by atoms with E-state index in [2.05, 4.69) is 20.8 Å². The van der Waals surface area contributed by atoms with Crippen molar-refractivity contribution >= 4 is 5.69 Å². The molecule has 1 N–H and O–H groups in total. The molecule has 0 atom stereocenters. The van der Waals surface area contributed by atoms with E-state index in [1.165, 1.54) is 6.42 Å². The summed E-state index contributed by atoms with van der Waals surface area (Å²) in [5.74, 6) is 2.34. The van der Waals surface area contributed by atoms with E-state index in [9.17, 15) is 0 Å². The first-order valence-corrected chi connectivity index (χ1v) is 9.61. The minimum Gasteiger partial charge on any atom is -0.495 e. The van der Waals surface area contributed by atoms with E-state index in [1.54, 1.807) is 18.9 Å². The third-order valence-electron chi connectivity index (χ3n) is 5.40. The highest BCUT2D eigenvalue weighted by atomic mass is 16.5. The Bertz CT molecular complexity index is 934. The van der Waals surface area contributed by atoms with Gasteiger partial charge >= 0.3 is 0 Å². The van der Waals surface area contributed by atoms with Gasteiger partial charge in [-0.15, -0.1) is 5.10 Å². The number of ether oxygens (including phenoxy) is 2. The molecule has 1 aliphatic carbocycles. The van der Waals surface area contributed by atoms with Crippen molar-refractivity contribution in [2.24, 2.45) is 0 Å². The minimum atomic E-state index is -0.378. The molecule has 0 aliphatic heterocycles. The first kappa shape index (κ1) is 18.3. The van der Waals surface area contributed by atoms with Gasteiger partial charge in [0.2, 0.25) is 0 Å². The van der Waals surface area contributed by atoms with E-state index < -0.39 is 0 Å². The van der Waals surface area contributed by atoms with E-state index in [1.807, 2.05) is 48.5 Å². The van der Waals surface area contributed by atoms with Crippen LogP contribution in [-0.4, -0.2) is 34.4 Å². The molecule has 0 saturated heterocycles. The summed E-state index contributed by atoms with van der Waals surface area (Å²) in [6.45, 7) is 0. The van der Waals surface area contributed by atoms with Gasteiger partial charge in [-0.2, -0.15) is 4.68 Å². The first-order chi connectivity index (χ1) is 13.8. The van der Waals surface area contributed by atoms with Crippen molar-refractivity contribution in [3.8, 4) is 17.2 Å². The molecule has 4 rings (SSSR count). The SMILES string of the molecule is COc1ccccc1NC1(c2nnnn2-c2ccccc2OC)CCCCC1. The quantitative estimate of drug-likeness (QED) is 0.699. The lowest BCUT2D eigenvalue weighted by Crippen LogP contribution is -2.40. The number of aromatic nitrogens is 4. The van der Waals surface area contributed by atoms with Gasteiger partial charge in [0.25, 0.3) is 0 Å². The van der Waals surface area contributed by atoms with Gasteiger partial charge in [0, 0.05) is 0 Å². The third kappa shape index (κ3) is 3.28. The Hall–Kier alpha value is -3.09. The van der Waals surface area contributed by atoms with Crippen LogP contribution in [0.4, 0.5) is 5.69 Å². The van der Waals surface area contributed by atoms with E-state index in [0.29, 0.717) is 0 Å². The fraction of sp³-hybridized carbons (Fsp3) is 0.381. The average Bonchev–Trinajstić information content (AvgIpc) is 3.25. The molecule has 1 heterocycles. The second-order valence-electron chi connectivity index (χ2n) is 7.05. The number of hydrogen-bond acceptors (Lipinski definition) is 6. The topological polar surface area (TPSA) is 74.1 Å². The van der Waals surface area contributed by atoms with Crippen molar-refractivity contribution in [3.63, 3.8) is 0 Å². The summed E-state index contributed by atoms with van der Waals surface area (Å²) in [4.78, 5) is 0. The fourth-order valence-corrected chi connectivity index (χ4v) is 4.02. The van der Waals surface area contributed by atoms with E-state index in [0.717, 1.165) is 54.4 Å². The van der Waals surface area contributed by atoms with E-state index >= 15 is 0 Å². The van der Waals surface area contributed by atoms with Crippen LogP contribution >= 0.6 is 0 Å². The van der Waals surface area contributed by atoms with Crippen LogP contribution in [0, 0.1) is 0 Å². The molecule has 2 aromatic carbocycles. The van der Waals surface area contributed by atoms with Crippen molar-refractivity contribution in [2.75, 3.05) is 19.5 Å². The number of nitrogens with zero attached hydrogens (tertiary/aromatic N) is 4. The minimum absolute atomic E-state index is 0.378. The molecule has 7 heteroatoms. The molecule has 28 heavy (non-hydrogen) atoms. The molecule has 0 bridgehead atoms. The van der Waals surface area contributed by atoms with Crippen molar-refractivity contribution in [2.45, 2.75) is 37.6 Å². The summed E-state index contributed by atoms with van der Waals surface area (Å²) in [5.41, 5.74) is 1.40. The Kier molecular flexibility index (Phi) is 5.14. The average molecular weight is 379 g/mol. The Morgan fingerprint density at radius 3 is 2.32 bits per heavy atom. The zero-order valence-electron chi connectivity index (χ0n) is 16.3. The van der Waals surface area contributed by atoms with Crippen LogP contribution in [-0.2, 0) is 5.54 Å². The van der Waals surface area contributed by atoms with E-state index in [-0.39, 0.29) is 5.54 Å². The van der Waals surface area contributed by atoms with Crippen molar-refractivity contribution in [3.05, 3.63) is 54.4 Å². The standard InChI is InChI=1S/C21H25N5O2/c1-27-18-12-6-4-10-16(18)22-21(14-8-3-9-15-21)20-23-24-25-26(20)17-11-5-7-13-19(17)28-2/h4-7,10-13,22H,3,8-9,14-15H2,1-2H3. The zero-order chi connectivity index (χ0) is 19.4. The normalized spacial score (nSPS) is 15.8. The molecule has 0 spiro atoms. The molecule has 146 valence electrons. The Balaban J connectivity index is 1.81. The maximum absolute atomic E-state index is 5.56. The highest BCUT2D eigenvalue weighted by Gasteiger charge is 2.40. The van der Waals surface area contributed by atoms with Crippen LogP contribution in [0.1, 0.15) is 37.9 Å². The number of rotatable bonds is 6. The molecule has 1 aromatic heterocycles. The van der Waals surface area contributed by atoms with Crippen LogP contribution in [0.5, 0.6) is 11.5 Å². The maximum atomic E-state index is 5.56. The summed E-state index contributed by atoms with van der Waals surface area (Å²) in [6.07, 6.45) is 5.33. The van der Waals surface area contributed by atoms with Gasteiger partial charge in [-0.3, -0.25) is 0 Å². The lowest BCUT2D eigenvalue weighted by atomic mass is 9.80. The van der Waals surface area contributed by atoms with Crippen LogP contribution < -0.4 is 14.8 Å². The number of nitrogens with one attached hydrogen (secondary N) is 1. The van der Waals surface area contributed by atoms with Gasteiger partial charge < -0.3 is 14.8 Å². The zero-order valence-corrected chi connectivity index (χ0v) is 16.3. The molecule has 1 fully saturated rings. The van der Waals surface area contributed by atoms with E-state index in [4.69, 9.17) is 9.47 Å². The number of tetrazole rings is 1. The van der Waals surface area contributed by atoms with Gasteiger partial charge in [0.15, 0.2) is 5.82 Å². The van der Waals surface area contributed by atoms with Crippen molar-refractivity contribution in [1.82, 2.24) is 20.2 Å². The molecule has 3 aromatic rings. The molecule has 0 unspecified atom stereocenters. The van der Waals surface area contributed by atoms with Gasteiger partial charge in [0.05, 0.1) is 25.4 Å². The van der Waals surface area contributed by atoms with Gasteiger partial charge in [-0.1, -0.05) is 43.5 Å². The predicted molar refractivity (Wildman–Crippen MR) is 107 cm³/mol. The second-order valence-corrected chi connectivity index (χ2v) is 7.05. The summed E-state index contributed by atoms with van der Waals surface area (Å²) >= 11 is 0. The lowest BCUT2D eigenvalue weighted by Gasteiger charge is -2.38. The third-order valence-corrected chi connectivity index (χ3v) is 5.40. The Morgan fingerprint density at radius 2 is 1.57 bits per heavy atom. The predicted octanol–water partition coefficient (Wildman–Crippen LogP) is 3.95. The number of para-hydroxylation sites is 4. The smallest absolute Gasteiger partial charge is 0.182 e. The van der Waals surface area contributed by atoms with Crippen LogP contribution in [0.15, 0.2) is 48.5 Å².